The van der Waals surface area contributed by atoms with Gasteiger partial charge in [0.05, 0.1) is 22.0 Å². The third-order valence-corrected chi connectivity index (χ3v) is 5.22. The van der Waals surface area contributed by atoms with E-state index < -0.39 is 10.0 Å². The maximum Gasteiger partial charge on any atom is 0.242 e. The fourth-order valence-corrected chi connectivity index (χ4v) is 2.91. The molecule has 0 saturated heterocycles. The third kappa shape index (κ3) is 4.34. The molecule has 20 heavy (non-hydrogen) atoms. The Morgan fingerprint density at radius 1 is 1.45 bits per heavy atom. The molecule has 0 unspecified atom stereocenters. The van der Waals surface area contributed by atoms with Gasteiger partial charge >= 0.3 is 0 Å². The van der Waals surface area contributed by atoms with E-state index >= 15 is 0 Å². The van der Waals surface area contributed by atoms with Gasteiger partial charge in [-0.05, 0) is 18.2 Å². The lowest BCUT2D eigenvalue weighted by Gasteiger charge is -2.14. The molecular weight excluding hydrogens is 294 g/mol. The van der Waals surface area contributed by atoms with Crippen LogP contribution in [0.15, 0.2) is 23.1 Å². The molecule has 0 heterocycles. The number of sulfonamides is 1. The second-order valence-corrected chi connectivity index (χ2v) is 7.48. The van der Waals surface area contributed by atoms with E-state index in [2.05, 4.69) is 11.2 Å². The van der Waals surface area contributed by atoms with Crippen molar-refractivity contribution in [1.29, 1.82) is 0 Å². The van der Waals surface area contributed by atoms with Crippen LogP contribution >= 0.6 is 11.8 Å². The Balaban J connectivity index is 2.72. The van der Waals surface area contributed by atoms with Crippen LogP contribution in [0, 0.1) is 12.3 Å². The Morgan fingerprint density at radius 3 is 2.70 bits per heavy atom. The molecule has 0 aliphatic heterocycles. The fourth-order valence-electron chi connectivity index (χ4n) is 1.46. The Hall–Kier alpha value is -1.36. The van der Waals surface area contributed by atoms with Crippen molar-refractivity contribution in [2.24, 2.45) is 0 Å². The Kier molecular flexibility index (Phi) is 6.20. The van der Waals surface area contributed by atoms with E-state index in [4.69, 9.17) is 12.2 Å². The predicted molar refractivity (Wildman–Crippen MR) is 86.4 cm³/mol. The van der Waals surface area contributed by atoms with Crippen LogP contribution in [-0.4, -0.2) is 44.9 Å². The van der Waals surface area contributed by atoms with Crippen molar-refractivity contribution in [3.05, 3.63) is 18.2 Å². The predicted octanol–water partition coefficient (Wildman–Crippen LogP) is 1.30. The zero-order chi connectivity index (χ0) is 15.2. The smallest absolute Gasteiger partial charge is 0.242 e. The van der Waals surface area contributed by atoms with Gasteiger partial charge in [0.1, 0.15) is 0 Å². The lowest BCUT2D eigenvalue weighted by atomic mass is 10.2. The molecule has 3 N–H and O–H groups in total. The Bertz CT molecular complexity index is 592. The van der Waals surface area contributed by atoms with Gasteiger partial charge in [-0.3, -0.25) is 0 Å². The van der Waals surface area contributed by atoms with Gasteiger partial charge < -0.3 is 11.1 Å². The van der Waals surface area contributed by atoms with Gasteiger partial charge in [0.25, 0.3) is 0 Å². The van der Waals surface area contributed by atoms with Crippen LogP contribution in [0.2, 0.25) is 0 Å². The number of terminal acetylenes is 1. The van der Waals surface area contributed by atoms with Crippen LogP contribution in [-0.2, 0) is 10.0 Å². The minimum Gasteiger partial charge on any atom is -0.397 e. The summed E-state index contributed by atoms with van der Waals surface area (Å²) in [6, 6.07) is 4.69. The molecule has 0 radical (unpaired) electrons. The van der Waals surface area contributed by atoms with E-state index in [1.807, 2.05) is 0 Å². The summed E-state index contributed by atoms with van der Waals surface area (Å²) in [6.07, 6.45) is 5.16. The lowest BCUT2D eigenvalue weighted by Crippen LogP contribution is -2.22. The van der Waals surface area contributed by atoms with Crippen LogP contribution in [0.4, 0.5) is 11.4 Å². The minimum absolute atomic E-state index is 0.187. The first-order chi connectivity index (χ1) is 9.39. The van der Waals surface area contributed by atoms with Crippen molar-refractivity contribution in [1.82, 2.24) is 4.31 Å². The molecule has 0 aliphatic rings. The average Bonchev–Trinajstić information content (AvgIpc) is 2.39. The SMILES string of the molecule is C#CCSCCNc1ccc(S(=O)(=O)N(C)C)cc1N. The second kappa shape index (κ2) is 7.43. The van der Waals surface area contributed by atoms with E-state index in [-0.39, 0.29) is 4.90 Å². The van der Waals surface area contributed by atoms with E-state index in [0.29, 0.717) is 11.4 Å². The topological polar surface area (TPSA) is 75.4 Å². The van der Waals surface area contributed by atoms with Crippen LogP contribution < -0.4 is 11.1 Å². The van der Waals surface area contributed by atoms with Gasteiger partial charge in [-0.2, -0.15) is 0 Å². The van der Waals surface area contributed by atoms with Crippen molar-refractivity contribution in [2.75, 3.05) is 43.2 Å². The van der Waals surface area contributed by atoms with Crippen molar-refractivity contribution in [2.45, 2.75) is 4.90 Å². The summed E-state index contributed by atoms with van der Waals surface area (Å²) in [5.74, 6) is 4.09. The fraction of sp³-hybridized carbons (Fsp3) is 0.385. The highest BCUT2D eigenvalue weighted by Gasteiger charge is 2.17. The summed E-state index contributed by atoms with van der Waals surface area (Å²) in [6.45, 7) is 0.719. The average molecular weight is 313 g/mol. The number of hydrogen-bond acceptors (Lipinski definition) is 5. The molecule has 5 nitrogen and oxygen atoms in total. The van der Waals surface area contributed by atoms with Crippen LogP contribution in [0.1, 0.15) is 0 Å². The molecular formula is C13H19N3O2S2. The number of anilines is 2. The molecule has 0 saturated carbocycles. The molecule has 1 aromatic carbocycles. The summed E-state index contributed by atoms with van der Waals surface area (Å²) >= 11 is 1.65. The van der Waals surface area contributed by atoms with E-state index in [9.17, 15) is 8.42 Å². The summed E-state index contributed by atoms with van der Waals surface area (Å²) in [5.41, 5.74) is 7.01. The number of thioether (sulfide) groups is 1. The van der Waals surface area contributed by atoms with E-state index in [1.54, 1.807) is 23.9 Å². The van der Waals surface area contributed by atoms with Gasteiger partial charge in [-0.25, -0.2) is 12.7 Å². The van der Waals surface area contributed by atoms with Crippen LogP contribution in [0.25, 0.3) is 0 Å². The minimum atomic E-state index is -3.45. The van der Waals surface area contributed by atoms with E-state index in [1.165, 1.54) is 20.2 Å². The quantitative estimate of drug-likeness (QED) is 0.451. The molecule has 0 spiro atoms. The normalized spacial score (nSPS) is 11.3. The highest BCUT2D eigenvalue weighted by molar-refractivity contribution is 7.99. The largest absolute Gasteiger partial charge is 0.397 e. The standard InChI is InChI=1S/C13H19N3O2S2/c1-4-8-19-9-7-15-13-6-5-11(10-12(13)14)20(17,18)16(2)3/h1,5-6,10,15H,7-9,14H2,2-3H3. The number of nitrogens with zero attached hydrogens (tertiary/aromatic N) is 1. The molecule has 0 fully saturated rings. The number of nitrogen functional groups attached to an aromatic ring is 1. The third-order valence-electron chi connectivity index (χ3n) is 2.55. The van der Waals surface area contributed by atoms with Gasteiger partial charge in [-0.15, -0.1) is 18.2 Å². The van der Waals surface area contributed by atoms with Gasteiger partial charge in [-0.1, -0.05) is 5.92 Å². The first kappa shape index (κ1) is 16.7. The van der Waals surface area contributed by atoms with Gasteiger partial charge in [0, 0.05) is 26.4 Å². The zero-order valence-corrected chi connectivity index (χ0v) is 13.2. The molecule has 7 heteroatoms. The Morgan fingerprint density at radius 2 is 2.15 bits per heavy atom. The number of nitrogens with two attached hydrogens (primary N) is 1. The summed E-state index contributed by atoms with van der Waals surface area (Å²) in [4.78, 5) is 0.187. The van der Waals surface area contributed by atoms with E-state index in [0.717, 1.165) is 22.3 Å². The molecule has 1 aromatic rings. The Labute approximate surface area is 125 Å². The highest BCUT2D eigenvalue weighted by atomic mass is 32.2. The monoisotopic (exact) mass is 313 g/mol. The molecule has 0 amide bonds. The lowest BCUT2D eigenvalue weighted by molar-refractivity contribution is 0.521. The van der Waals surface area contributed by atoms with Crippen molar-refractivity contribution < 1.29 is 8.42 Å². The molecule has 0 aromatic heterocycles. The zero-order valence-electron chi connectivity index (χ0n) is 11.6. The second-order valence-electron chi connectivity index (χ2n) is 4.22. The highest BCUT2D eigenvalue weighted by Crippen LogP contribution is 2.23. The first-order valence-electron chi connectivity index (χ1n) is 5.96. The molecule has 110 valence electrons. The molecule has 0 atom stereocenters. The van der Waals surface area contributed by atoms with Crippen molar-refractivity contribution in [3.8, 4) is 12.3 Å². The van der Waals surface area contributed by atoms with Gasteiger partial charge in [0.15, 0.2) is 0 Å². The molecule has 0 bridgehead atoms. The van der Waals surface area contributed by atoms with Crippen LogP contribution in [0.5, 0.6) is 0 Å². The number of nitrogens with one attached hydrogen (secondary N) is 1. The summed E-state index contributed by atoms with van der Waals surface area (Å²) in [5, 5.41) is 3.16. The van der Waals surface area contributed by atoms with Crippen LogP contribution in [0.3, 0.4) is 0 Å². The summed E-state index contributed by atoms with van der Waals surface area (Å²) < 4.78 is 25.1. The van der Waals surface area contributed by atoms with Crippen molar-refractivity contribution >= 4 is 33.2 Å². The molecule has 0 aliphatic carbocycles. The maximum atomic E-state index is 12.0. The van der Waals surface area contributed by atoms with Crippen molar-refractivity contribution in [3.63, 3.8) is 0 Å². The number of hydrogen-bond donors (Lipinski definition) is 2. The molecule has 1 rings (SSSR count). The van der Waals surface area contributed by atoms with Gasteiger partial charge in [0.2, 0.25) is 10.0 Å². The maximum absolute atomic E-state index is 12.0. The number of benzene rings is 1. The first-order valence-corrected chi connectivity index (χ1v) is 8.56. The number of rotatable bonds is 7. The summed E-state index contributed by atoms with van der Waals surface area (Å²) in [7, 11) is -0.476.